The Morgan fingerprint density at radius 2 is 1.83 bits per heavy atom. The molecule has 2 aromatic rings. The van der Waals surface area contributed by atoms with Gasteiger partial charge in [-0.2, -0.15) is 0 Å². The number of anilines is 1. The van der Waals surface area contributed by atoms with Gasteiger partial charge in [-0.1, -0.05) is 24.3 Å². The number of aliphatic carboxylic acids is 1. The van der Waals surface area contributed by atoms with Crippen molar-refractivity contribution in [3.63, 3.8) is 0 Å². The van der Waals surface area contributed by atoms with Gasteiger partial charge in [0.1, 0.15) is 0 Å². The number of rotatable bonds is 8. The second-order valence-corrected chi connectivity index (χ2v) is 7.87. The topological polar surface area (TPSA) is 125 Å². The number of amides is 3. The van der Waals surface area contributed by atoms with E-state index in [4.69, 9.17) is 14.6 Å². The molecule has 0 aromatic heterocycles. The monoisotopic (exact) mass is 481 g/mol. The summed E-state index contributed by atoms with van der Waals surface area (Å²) in [4.78, 5) is 52.6. The lowest BCUT2D eigenvalue weighted by Crippen LogP contribution is -2.58. The zero-order valence-corrected chi connectivity index (χ0v) is 19.9. The van der Waals surface area contributed by atoms with Gasteiger partial charge in [-0.25, -0.2) is 4.79 Å². The van der Waals surface area contributed by atoms with Gasteiger partial charge < -0.3 is 24.8 Å². The van der Waals surface area contributed by atoms with Gasteiger partial charge in [0.2, 0.25) is 0 Å². The van der Waals surface area contributed by atoms with Crippen molar-refractivity contribution in [1.82, 2.24) is 10.2 Å². The molecule has 0 bridgehead atoms. The lowest BCUT2D eigenvalue weighted by atomic mass is 9.98. The number of hydrogen-bond acceptors (Lipinski definition) is 6. The van der Waals surface area contributed by atoms with Crippen molar-refractivity contribution in [2.75, 3.05) is 32.7 Å². The molecule has 0 saturated heterocycles. The molecule has 10 heteroatoms. The summed E-state index contributed by atoms with van der Waals surface area (Å²) >= 11 is 0. The molecule has 3 rings (SSSR count). The molecule has 0 radical (unpaired) electrons. The molecule has 184 valence electrons. The number of benzene rings is 2. The van der Waals surface area contributed by atoms with Crippen LogP contribution in [0.3, 0.4) is 0 Å². The summed E-state index contributed by atoms with van der Waals surface area (Å²) in [7, 11) is 4.54. The molecule has 1 aliphatic rings. The van der Waals surface area contributed by atoms with Crippen LogP contribution in [-0.2, 0) is 14.4 Å². The second-order valence-electron chi connectivity index (χ2n) is 7.87. The van der Waals surface area contributed by atoms with Crippen LogP contribution in [0.25, 0.3) is 11.1 Å². The Kier molecular flexibility index (Phi) is 7.75. The number of carboxylic acid groups (broad SMARTS) is 1. The highest BCUT2D eigenvalue weighted by molar-refractivity contribution is 6.21. The SMILES string of the molecule is COc1cccc(-c2cccc(N(C(=O)NCCC(=O)O)[C@H]3C(=O)C(C)=CN(C)C3=O)c2)c1OC. The quantitative estimate of drug-likeness (QED) is 0.555. The number of nitrogens with one attached hydrogen (secondary N) is 1. The van der Waals surface area contributed by atoms with E-state index in [1.54, 1.807) is 43.3 Å². The van der Waals surface area contributed by atoms with Gasteiger partial charge in [0, 0.05) is 36.6 Å². The molecular formula is C25H27N3O7. The number of carbonyl (C=O) groups excluding carboxylic acids is 3. The van der Waals surface area contributed by atoms with Gasteiger partial charge in [-0.05, 0) is 30.7 Å². The third-order valence-electron chi connectivity index (χ3n) is 5.54. The van der Waals surface area contributed by atoms with E-state index in [-0.39, 0.29) is 18.7 Å². The normalized spacial score (nSPS) is 15.4. The number of methoxy groups -OCH3 is 2. The number of para-hydroxylation sites is 1. The number of ether oxygens (including phenoxy) is 2. The van der Waals surface area contributed by atoms with Crippen molar-refractivity contribution in [1.29, 1.82) is 0 Å². The van der Waals surface area contributed by atoms with E-state index in [9.17, 15) is 19.2 Å². The third-order valence-corrected chi connectivity index (χ3v) is 5.54. The number of carboxylic acids is 1. The fourth-order valence-corrected chi connectivity index (χ4v) is 3.85. The zero-order valence-electron chi connectivity index (χ0n) is 19.9. The third kappa shape index (κ3) is 5.26. The van der Waals surface area contributed by atoms with Crippen LogP contribution in [0.2, 0.25) is 0 Å². The van der Waals surface area contributed by atoms with Gasteiger partial charge in [0.15, 0.2) is 23.3 Å². The van der Waals surface area contributed by atoms with Gasteiger partial charge in [0.05, 0.1) is 20.6 Å². The summed E-state index contributed by atoms with van der Waals surface area (Å²) in [5.74, 6) is -1.21. The maximum atomic E-state index is 13.2. The van der Waals surface area contributed by atoms with Crippen molar-refractivity contribution in [2.45, 2.75) is 19.4 Å². The van der Waals surface area contributed by atoms with Crippen LogP contribution in [-0.4, -0.2) is 67.6 Å². The molecule has 10 nitrogen and oxygen atoms in total. The maximum absolute atomic E-state index is 13.2. The lowest BCUT2D eigenvalue weighted by Gasteiger charge is -2.34. The second kappa shape index (κ2) is 10.7. The van der Waals surface area contributed by atoms with Crippen LogP contribution in [0.15, 0.2) is 54.2 Å². The van der Waals surface area contributed by atoms with Crippen molar-refractivity contribution in [3.05, 3.63) is 54.2 Å². The molecule has 1 atom stereocenters. The van der Waals surface area contributed by atoms with E-state index in [1.165, 1.54) is 32.4 Å². The number of Topliss-reactive ketones (excluding diaryl/α,β-unsaturated/α-hetero) is 1. The summed E-state index contributed by atoms with van der Waals surface area (Å²) in [5.41, 5.74) is 1.91. The number of carbonyl (C=O) groups is 4. The molecular weight excluding hydrogens is 454 g/mol. The average molecular weight is 482 g/mol. The molecule has 2 N–H and O–H groups in total. The standard InChI is InChI=1S/C25H27N3O7/c1-15-14-27(2)24(32)21(22(15)31)28(25(33)26-12-11-20(29)30)17-8-5-7-16(13-17)18-9-6-10-19(34-3)23(18)35-4/h5-10,13-14,21H,11-12H2,1-4H3,(H,26,33)(H,29,30)/t21-/m0/s1. The number of nitrogens with zero attached hydrogens (tertiary/aromatic N) is 2. The summed E-state index contributed by atoms with van der Waals surface area (Å²) in [6.07, 6.45) is 1.10. The fraction of sp³-hybridized carbons (Fsp3) is 0.280. The van der Waals surface area contributed by atoms with Crippen LogP contribution in [0.4, 0.5) is 10.5 Å². The van der Waals surface area contributed by atoms with Crippen LogP contribution >= 0.6 is 0 Å². The first kappa shape index (κ1) is 25.3. The Balaban J connectivity index is 2.11. The predicted octanol–water partition coefficient (Wildman–Crippen LogP) is 2.68. The zero-order chi connectivity index (χ0) is 25.7. The Morgan fingerprint density at radius 3 is 2.49 bits per heavy atom. The van der Waals surface area contributed by atoms with Crippen LogP contribution in [0.5, 0.6) is 11.5 Å². The highest BCUT2D eigenvalue weighted by Crippen LogP contribution is 2.39. The average Bonchev–Trinajstić information content (AvgIpc) is 2.84. The summed E-state index contributed by atoms with van der Waals surface area (Å²) in [6.45, 7) is 1.39. The van der Waals surface area contributed by atoms with Gasteiger partial charge in [0.25, 0.3) is 5.91 Å². The minimum atomic E-state index is -1.45. The highest BCUT2D eigenvalue weighted by atomic mass is 16.5. The molecule has 2 aromatic carbocycles. The number of hydrogen-bond donors (Lipinski definition) is 2. The number of urea groups is 1. The predicted molar refractivity (Wildman–Crippen MR) is 128 cm³/mol. The minimum Gasteiger partial charge on any atom is -0.493 e. The van der Waals surface area contributed by atoms with Crippen molar-refractivity contribution in [2.24, 2.45) is 0 Å². The molecule has 35 heavy (non-hydrogen) atoms. The molecule has 0 fully saturated rings. The number of ketones is 1. The molecule has 0 unspecified atom stereocenters. The first-order chi connectivity index (χ1) is 16.7. The summed E-state index contributed by atoms with van der Waals surface area (Å²) in [6, 6.07) is 9.87. The minimum absolute atomic E-state index is 0.173. The van der Waals surface area contributed by atoms with E-state index in [1.807, 2.05) is 6.07 Å². The Bertz CT molecular complexity index is 1190. The summed E-state index contributed by atoms with van der Waals surface area (Å²) < 4.78 is 10.9. The smallest absolute Gasteiger partial charge is 0.323 e. The maximum Gasteiger partial charge on any atom is 0.323 e. The molecule has 1 heterocycles. The van der Waals surface area contributed by atoms with E-state index in [0.29, 0.717) is 28.2 Å². The Labute approximate surface area is 202 Å². The van der Waals surface area contributed by atoms with Crippen molar-refractivity contribution < 1.29 is 33.8 Å². The van der Waals surface area contributed by atoms with E-state index >= 15 is 0 Å². The highest BCUT2D eigenvalue weighted by Gasteiger charge is 2.41. The first-order valence-corrected chi connectivity index (χ1v) is 10.8. The molecule has 0 aliphatic carbocycles. The number of likely N-dealkylation sites (N-methyl/N-ethyl adjacent to an activating group) is 1. The van der Waals surface area contributed by atoms with Crippen LogP contribution in [0.1, 0.15) is 13.3 Å². The summed E-state index contributed by atoms with van der Waals surface area (Å²) in [5, 5.41) is 11.4. The molecule has 0 spiro atoms. The molecule has 3 amide bonds. The van der Waals surface area contributed by atoms with E-state index in [2.05, 4.69) is 5.32 Å². The van der Waals surface area contributed by atoms with Crippen molar-refractivity contribution >= 4 is 29.4 Å². The fourth-order valence-electron chi connectivity index (χ4n) is 3.85. The Morgan fingerprint density at radius 1 is 1.11 bits per heavy atom. The van der Waals surface area contributed by atoms with Gasteiger partial charge in [-0.15, -0.1) is 0 Å². The van der Waals surface area contributed by atoms with Gasteiger partial charge in [-0.3, -0.25) is 19.3 Å². The first-order valence-electron chi connectivity index (χ1n) is 10.8. The van der Waals surface area contributed by atoms with Gasteiger partial charge >= 0.3 is 12.0 Å². The van der Waals surface area contributed by atoms with E-state index < -0.39 is 29.7 Å². The Hall–Kier alpha value is -4.34. The largest absolute Gasteiger partial charge is 0.493 e. The van der Waals surface area contributed by atoms with Crippen LogP contribution < -0.4 is 19.7 Å². The lowest BCUT2D eigenvalue weighted by molar-refractivity contribution is -0.137. The molecule has 0 saturated carbocycles. The van der Waals surface area contributed by atoms with E-state index in [0.717, 1.165) is 4.90 Å². The van der Waals surface area contributed by atoms with Crippen molar-refractivity contribution in [3.8, 4) is 22.6 Å². The molecule has 1 aliphatic heterocycles. The van der Waals surface area contributed by atoms with Crippen LogP contribution in [0, 0.1) is 0 Å².